The third-order valence-electron chi connectivity index (χ3n) is 6.47. The molecule has 0 bridgehead atoms. The molecule has 0 radical (unpaired) electrons. The molecule has 1 aliphatic heterocycles. The van der Waals surface area contributed by atoms with Crippen LogP contribution in [0, 0.1) is 0 Å². The molecule has 7 heteroatoms. The van der Waals surface area contributed by atoms with Crippen LogP contribution in [0.4, 0.5) is 18.9 Å². The number of rotatable bonds is 5. The number of halogens is 3. The molecule has 1 fully saturated rings. The van der Waals surface area contributed by atoms with Gasteiger partial charge in [0.15, 0.2) is 0 Å². The van der Waals surface area contributed by atoms with Gasteiger partial charge in [0.25, 0.3) is 0 Å². The van der Waals surface area contributed by atoms with Gasteiger partial charge in [-0.1, -0.05) is 54.6 Å². The Balaban J connectivity index is 1.58. The maximum absolute atomic E-state index is 13.7. The van der Waals surface area contributed by atoms with Gasteiger partial charge in [-0.05, 0) is 36.6 Å². The average Bonchev–Trinajstić information content (AvgIpc) is 3.22. The second-order valence-electron chi connectivity index (χ2n) is 8.68. The van der Waals surface area contributed by atoms with Gasteiger partial charge >= 0.3 is 6.18 Å². The van der Waals surface area contributed by atoms with E-state index in [2.05, 4.69) is 10.00 Å². The van der Waals surface area contributed by atoms with Crippen LogP contribution in [0.5, 0.6) is 0 Å². The van der Waals surface area contributed by atoms with E-state index in [4.69, 9.17) is 4.74 Å². The minimum atomic E-state index is -4.47. The number of ether oxygens (including phenoxy) is 1. The highest BCUT2D eigenvalue weighted by molar-refractivity contribution is 5.95. The van der Waals surface area contributed by atoms with Crippen molar-refractivity contribution in [3.05, 3.63) is 83.9 Å². The zero-order valence-corrected chi connectivity index (χ0v) is 18.9. The van der Waals surface area contributed by atoms with Gasteiger partial charge in [-0.3, -0.25) is 4.68 Å². The lowest BCUT2D eigenvalue weighted by Crippen LogP contribution is -2.39. The van der Waals surface area contributed by atoms with Gasteiger partial charge in [-0.25, -0.2) is 0 Å². The molecule has 0 N–H and O–H groups in total. The van der Waals surface area contributed by atoms with Crippen LogP contribution >= 0.6 is 0 Å². The monoisotopic (exact) mass is 465 g/mol. The summed E-state index contributed by atoms with van der Waals surface area (Å²) < 4.78 is 48.5. The number of alkyl halides is 3. The summed E-state index contributed by atoms with van der Waals surface area (Å²) in [7, 11) is 1.74. The van der Waals surface area contributed by atoms with Crippen molar-refractivity contribution >= 4 is 16.6 Å². The Hall–Kier alpha value is -3.32. The van der Waals surface area contributed by atoms with E-state index >= 15 is 0 Å². The molecule has 1 atom stereocenters. The van der Waals surface area contributed by atoms with E-state index in [-0.39, 0.29) is 11.6 Å². The predicted octanol–water partition coefficient (Wildman–Crippen LogP) is 6.39. The van der Waals surface area contributed by atoms with Crippen molar-refractivity contribution in [3.8, 4) is 11.3 Å². The molecule has 1 unspecified atom stereocenters. The van der Waals surface area contributed by atoms with Crippen LogP contribution in [0.25, 0.3) is 22.2 Å². The average molecular weight is 466 g/mol. The highest BCUT2D eigenvalue weighted by Crippen LogP contribution is 2.38. The Morgan fingerprint density at radius 2 is 1.74 bits per heavy atom. The molecule has 1 aliphatic rings. The maximum Gasteiger partial charge on any atom is 0.418 e. The van der Waals surface area contributed by atoms with E-state index in [1.807, 2.05) is 54.6 Å². The molecule has 4 nitrogen and oxygen atoms in total. The molecular formula is C27H26F3N3O. The molecular weight excluding hydrogens is 439 g/mol. The van der Waals surface area contributed by atoms with Crippen LogP contribution in [0.2, 0.25) is 0 Å². The highest BCUT2D eigenvalue weighted by atomic mass is 19.4. The van der Waals surface area contributed by atoms with Crippen molar-refractivity contribution in [2.45, 2.75) is 31.7 Å². The summed E-state index contributed by atoms with van der Waals surface area (Å²) in [4.78, 5) is 2.29. The molecule has 3 aromatic carbocycles. The van der Waals surface area contributed by atoms with Gasteiger partial charge in [0.1, 0.15) is 5.52 Å². The van der Waals surface area contributed by atoms with Crippen LogP contribution in [0.15, 0.2) is 72.8 Å². The third kappa shape index (κ3) is 4.40. The SMILES string of the molecule is COC1CCCN(c2ccc(-c3c4cccc(C(F)(F)F)c4nn3Cc3ccccc3)cc2)C1. The Morgan fingerprint density at radius 1 is 0.971 bits per heavy atom. The summed E-state index contributed by atoms with van der Waals surface area (Å²) in [5.41, 5.74) is 2.84. The van der Waals surface area contributed by atoms with E-state index in [1.165, 1.54) is 6.07 Å². The molecule has 0 spiro atoms. The first kappa shape index (κ1) is 22.5. The fraction of sp³-hybridized carbons (Fsp3) is 0.296. The van der Waals surface area contributed by atoms with Crippen LogP contribution in [0.3, 0.4) is 0 Å². The number of hydrogen-bond acceptors (Lipinski definition) is 3. The Kier molecular flexibility index (Phi) is 6.04. The van der Waals surface area contributed by atoms with Crippen LogP contribution in [0.1, 0.15) is 24.0 Å². The van der Waals surface area contributed by atoms with Crippen molar-refractivity contribution in [1.82, 2.24) is 9.78 Å². The molecule has 176 valence electrons. The van der Waals surface area contributed by atoms with Crippen molar-refractivity contribution in [2.75, 3.05) is 25.1 Å². The van der Waals surface area contributed by atoms with Gasteiger partial charge in [-0.2, -0.15) is 18.3 Å². The number of anilines is 1. The Morgan fingerprint density at radius 3 is 2.44 bits per heavy atom. The molecule has 5 rings (SSSR count). The summed E-state index contributed by atoms with van der Waals surface area (Å²) in [6.45, 7) is 2.17. The topological polar surface area (TPSA) is 30.3 Å². The Labute approximate surface area is 196 Å². The van der Waals surface area contributed by atoms with Gasteiger partial charge in [0.2, 0.25) is 0 Å². The number of methoxy groups -OCH3 is 1. The van der Waals surface area contributed by atoms with Gasteiger partial charge in [-0.15, -0.1) is 0 Å². The molecule has 0 saturated carbocycles. The third-order valence-corrected chi connectivity index (χ3v) is 6.47. The maximum atomic E-state index is 13.7. The number of hydrogen-bond donors (Lipinski definition) is 0. The summed E-state index contributed by atoms with van der Waals surface area (Å²) in [6, 6.07) is 21.9. The first-order valence-electron chi connectivity index (χ1n) is 11.4. The largest absolute Gasteiger partial charge is 0.418 e. The van der Waals surface area contributed by atoms with Gasteiger partial charge in [0.05, 0.1) is 23.9 Å². The van der Waals surface area contributed by atoms with Gasteiger partial charge < -0.3 is 9.64 Å². The number of aromatic nitrogens is 2. The zero-order valence-electron chi connectivity index (χ0n) is 18.9. The van der Waals surface area contributed by atoms with Crippen molar-refractivity contribution in [3.63, 3.8) is 0 Å². The first-order chi connectivity index (χ1) is 16.4. The summed E-state index contributed by atoms with van der Waals surface area (Å²) >= 11 is 0. The lowest BCUT2D eigenvalue weighted by Gasteiger charge is -2.33. The van der Waals surface area contributed by atoms with Crippen molar-refractivity contribution < 1.29 is 17.9 Å². The lowest BCUT2D eigenvalue weighted by molar-refractivity contribution is -0.136. The standard InChI is InChI=1S/C27H26F3N3O/c1-34-22-9-6-16-32(18-22)21-14-12-20(13-15-21)26-23-10-5-11-24(27(28,29)30)25(23)31-33(26)17-19-7-3-2-4-8-19/h2-5,7-8,10-15,22H,6,9,16-18H2,1H3. The summed E-state index contributed by atoms with van der Waals surface area (Å²) in [5.74, 6) is 0. The molecule has 4 aromatic rings. The molecule has 0 aliphatic carbocycles. The Bertz CT molecular complexity index is 1270. The number of piperidine rings is 1. The predicted molar refractivity (Wildman–Crippen MR) is 128 cm³/mol. The molecule has 34 heavy (non-hydrogen) atoms. The first-order valence-corrected chi connectivity index (χ1v) is 11.4. The molecule has 1 saturated heterocycles. The van der Waals surface area contributed by atoms with E-state index in [9.17, 15) is 13.2 Å². The van der Waals surface area contributed by atoms with E-state index in [0.29, 0.717) is 17.6 Å². The highest BCUT2D eigenvalue weighted by Gasteiger charge is 2.34. The molecule has 1 aromatic heterocycles. The van der Waals surface area contributed by atoms with Crippen LogP contribution in [-0.4, -0.2) is 36.1 Å². The minimum Gasteiger partial charge on any atom is -0.380 e. The second kappa shape index (κ2) is 9.14. The minimum absolute atomic E-state index is 0.0241. The normalized spacial score (nSPS) is 16.8. The van der Waals surface area contributed by atoms with Crippen LogP contribution in [-0.2, 0) is 17.5 Å². The quantitative estimate of drug-likeness (QED) is 0.342. The number of benzene rings is 3. The van der Waals surface area contributed by atoms with Crippen molar-refractivity contribution in [2.24, 2.45) is 0 Å². The number of nitrogens with zero attached hydrogens (tertiary/aromatic N) is 3. The van der Waals surface area contributed by atoms with Crippen LogP contribution < -0.4 is 4.90 Å². The summed E-state index contributed by atoms with van der Waals surface area (Å²) in [5, 5.41) is 4.95. The van der Waals surface area contributed by atoms with E-state index in [0.717, 1.165) is 48.8 Å². The fourth-order valence-corrected chi connectivity index (χ4v) is 4.75. The smallest absolute Gasteiger partial charge is 0.380 e. The molecule has 0 amide bonds. The fourth-order valence-electron chi connectivity index (χ4n) is 4.75. The van der Waals surface area contributed by atoms with E-state index < -0.39 is 11.7 Å². The van der Waals surface area contributed by atoms with Crippen molar-refractivity contribution in [1.29, 1.82) is 0 Å². The number of fused-ring (bicyclic) bond motifs is 1. The molecule has 2 heterocycles. The second-order valence-corrected chi connectivity index (χ2v) is 8.68. The lowest BCUT2D eigenvalue weighted by atomic mass is 10.0. The van der Waals surface area contributed by atoms with E-state index in [1.54, 1.807) is 17.9 Å². The zero-order chi connectivity index (χ0) is 23.7. The summed E-state index contributed by atoms with van der Waals surface area (Å²) in [6.07, 6.45) is -2.14. The van der Waals surface area contributed by atoms with Gasteiger partial charge in [0, 0.05) is 36.8 Å².